The molecular weight excluding hydrogens is 326 g/mol. The summed E-state index contributed by atoms with van der Waals surface area (Å²) in [6, 6.07) is 5.52. The molecule has 7 heteroatoms. The van der Waals surface area contributed by atoms with E-state index >= 15 is 0 Å². The lowest BCUT2D eigenvalue weighted by Crippen LogP contribution is -2.02. The molecule has 1 fully saturated rings. The fourth-order valence-corrected chi connectivity index (χ4v) is 3.35. The summed E-state index contributed by atoms with van der Waals surface area (Å²) in [5.41, 5.74) is 1.20. The van der Waals surface area contributed by atoms with Crippen LogP contribution in [-0.2, 0) is 4.74 Å². The van der Waals surface area contributed by atoms with E-state index in [9.17, 15) is 10.1 Å². The number of nitrogens with zero attached hydrogens (tertiary/aromatic N) is 3. The third kappa shape index (κ3) is 3.29. The lowest BCUT2D eigenvalue weighted by molar-refractivity contribution is 0.0563. The van der Waals surface area contributed by atoms with Crippen molar-refractivity contribution < 1.29 is 13.9 Å². The Morgan fingerprint density at radius 3 is 2.83 bits per heavy atom. The van der Waals surface area contributed by atoms with Gasteiger partial charge in [0.2, 0.25) is 5.76 Å². The van der Waals surface area contributed by atoms with Crippen LogP contribution in [0.25, 0.3) is 0 Å². The van der Waals surface area contributed by atoms with Crippen molar-refractivity contribution in [2.45, 2.75) is 42.9 Å². The van der Waals surface area contributed by atoms with Gasteiger partial charge in [0, 0.05) is 5.92 Å². The highest BCUT2D eigenvalue weighted by atomic mass is 32.2. The number of nitriles is 1. The van der Waals surface area contributed by atoms with Crippen molar-refractivity contribution in [3.05, 3.63) is 40.7 Å². The Bertz CT molecular complexity index is 821. The second kappa shape index (κ2) is 6.65. The summed E-state index contributed by atoms with van der Waals surface area (Å²) in [7, 11) is 1.31. The molecule has 0 radical (unpaired) electrons. The number of rotatable bonds is 5. The minimum absolute atomic E-state index is 0.100. The van der Waals surface area contributed by atoms with Gasteiger partial charge < -0.3 is 9.15 Å². The summed E-state index contributed by atoms with van der Waals surface area (Å²) >= 11 is 1.43. The minimum Gasteiger partial charge on any atom is -0.463 e. The van der Waals surface area contributed by atoms with Crippen LogP contribution in [0.5, 0.6) is 0 Å². The number of carbonyl (C=O) groups excluding carboxylic acids is 1. The molecule has 124 valence electrons. The zero-order valence-electron chi connectivity index (χ0n) is 13.7. The number of hydrogen-bond donors (Lipinski definition) is 0. The third-order valence-corrected chi connectivity index (χ3v) is 4.94. The molecule has 1 saturated carbocycles. The van der Waals surface area contributed by atoms with E-state index in [2.05, 4.69) is 20.8 Å². The Morgan fingerprint density at radius 2 is 2.21 bits per heavy atom. The predicted molar refractivity (Wildman–Crippen MR) is 87.8 cm³/mol. The molecule has 0 N–H and O–H groups in total. The van der Waals surface area contributed by atoms with Gasteiger partial charge in [0.15, 0.2) is 0 Å². The SMILES string of the molecule is COC(=O)c1ccc(C(C)Sc2nc(C3CC3)nc(C)c2C#N)o1. The van der Waals surface area contributed by atoms with E-state index in [0.717, 1.165) is 18.7 Å². The zero-order valence-corrected chi connectivity index (χ0v) is 14.5. The molecule has 0 spiro atoms. The quantitative estimate of drug-likeness (QED) is 0.464. The van der Waals surface area contributed by atoms with Gasteiger partial charge in [-0.15, -0.1) is 0 Å². The third-order valence-electron chi connectivity index (χ3n) is 3.83. The smallest absolute Gasteiger partial charge is 0.373 e. The maximum absolute atomic E-state index is 11.5. The van der Waals surface area contributed by atoms with Crippen molar-refractivity contribution in [2.24, 2.45) is 0 Å². The number of hydrogen-bond acceptors (Lipinski definition) is 7. The number of furan rings is 1. The fourth-order valence-electron chi connectivity index (χ4n) is 2.31. The first kappa shape index (κ1) is 16.5. The van der Waals surface area contributed by atoms with Crippen molar-refractivity contribution in [3.63, 3.8) is 0 Å². The second-order valence-corrected chi connectivity index (χ2v) is 7.02. The van der Waals surface area contributed by atoms with Crippen molar-refractivity contribution in [1.29, 1.82) is 5.26 Å². The molecule has 24 heavy (non-hydrogen) atoms. The molecule has 0 amide bonds. The second-order valence-electron chi connectivity index (χ2n) is 5.69. The number of aryl methyl sites for hydroxylation is 1. The van der Waals surface area contributed by atoms with Crippen molar-refractivity contribution >= 4 is 17.7 Å². The first-order chi connectivity index (χ1) is 11.5. The van der Waals surface area contributed by atoms with Crippen LogP contribution in [-0.4, -0.2) is 23.0 Å². The summed E-state index contributed by atoms with van der Waals surface area (Å²) in [6.45, 7) is 3.78. The summed E-state index contributed by atoms with van der Waals surface area (Å²) < 4.78 is 10.2. The molecular formula is C17H17N3O3S. The number of esters is 1. The van der Waals surface area contributed by atoms with E-state index in [0.29, 0.717) is 28.0 Å². The van der Waals surface area contributed by atoms with Gasteiger partial charge >= 0.3 is 5.97 Å². The van der Waals surface area contributed by atoms with Crippen molar-refractivity contribution in [2.75, 3.05) is 7.11 Å². The standard InChI is InChI=1S/C17H17N3O3S/c1-9-12(8-18)16(20-15(19-9)11-4-5-11)24-10(2)13-6-7-14(23-13)17(21)22-3/h6-7,10-11H,4-5H2,1-3H3. The first-order valence-electron chi connectivity index (χ1n) is 7.66. The van der Waals surface area contributed by atoms with Crippen molar-refractivity contribution in [3.8, 4) is 6.07 Å². The molecule has 6 nitrogen and oxygen atoms in total. The number of methoxy groups -OCH3 is 1. The van der Waals surface area contributed by atoms with Gasteiger partial charge in [0.1, 0.15) is 28.2 Å². The maximum Gasteiger partial charge on any atom is 0.373 e. The lowest BCUT2D eigenvalue weighted by atomic mass is 10.2. The highest BCUT2D eigenvalue weighted by molar-refractivity contribution is 7.99. The molecule has 0 bridgehead atoms. The molecule has 1 aliphatic rings. The highest BCUT2D eigenvalue weighted by Crippen LogP contribution is 2.41. The topological polar surface area (TPSA) is 89.0 Å². The lowest BCUT2D eigenvalue weighted by Gasteiger charge is -2.11. The van der Waals surface area contributed by atoms with Crippen LogP contribution in [0.4, 0.5) is 0 Å². The average molecular weight is 343 g/mol. The minimum atomic E-state index is -0.509. The van der Waals surface area contributed by atoms with E-state index in [1.54, 1.807) is 12.1 Å². The van der Waals surface area contributed by atoms with Gasteiger partial charge in [-0.25, -0.2) is 14.8 Å². The Morgan fingerprint density at radius 1 is 1.46 bits per heavy atom. The largest absolute Gasteiger partial charge is 0.463 e. The van der Waals surface area contributed by atoms with Crippen LogP contribution in [0.15, 0.2) is 21.6 Å². The van der Waals surface area contributed by atoms with Gasteiger partial charge in [0.25, 0.3) is 0 Å². The highest BCUT2D eigenvalue weighted by Gasteiger charge is 2.29. The van der Waals surface area contributed by atoms with Gasteiger partial charge in [0.05, 0.1) is 18.1 Å². The van der Waals surface area contributed by atoms with E-state index < -0.39 is 5.97 Å². The number of ether oxygens (including phenoxy) is 1. The van der Waals surface area contributed by atoms with Gasteiger partial charge in [-0.3, -0.25) is 0 Å². The van der Waals surface area contributed by atoms with Crippen LogP contribution in [0, 0.1) is 18.3 Å². The Labute approximate surface area is 144 Å². The van der Waals surface area contributed by atoms with Crippen LogP contribution in [0.1, 0.15) is 64.3 Å². The normalized spacial score (nSPS) is 14.9. The van der Waals surface area contributed by atoms with Crippen LogP contribution in [0.2, 0.25) is 0 Å². The van der Waals surface area contributed by atoms with Crippen LogP contribution >= 0.6 is 11.8 Å². The summed E-state index contributed by atoms with van der Waals surface area (Å²) in [5, 5.41) is 9.97. The molecule has 1 unspecified atom stereocenters. The molecule has 1 atom stereocenters. The maximum atomic E-state index is 11.5. The molecule has 2 aromatic heterocycles. The van der Waals surface area contributed by atoms with E-state index in [-0.39, 0.29) is 11.0 Å². The number of carbonyl (C=O) groups is 1. The Kier molecular flexibility index (Phi) is 4.58. The molecule has 2 heterocycles. The van der Waals surface area contributed by atoms with E-state index in [4.69, 9.17) is 4.42 Å². The van der Waals surface area contributed by atoms with Crippen LogP contribution in [0.3, 0.4) is 0 Å². The Hall–Kier alpha value is -2.33. The van der Waals surface area contributed by atoms with Gasteiger partial charge in [-0.05, 0) is 38.8 Å². The van der Waals surface area contributed by atoms with Gasteiger partial charge in [-0.1, -0.05) is 11.8 Å². The van der Waals surface area contributed by atoms with Crippen LogP contribution < -0.4 is 0 Å². The van der Waals surface area contributed by atoms with Gasteiger partial charge in [-0.2, -0.15) is 5.26 Å². The van der Waals surface area contributed by atoms with E-state index in [1.165, 1.54) is 18.9 Å². The molecule has 1 aliphatic carbocycles. The average Bonchev–Trinajstić information content (AvgIpc) is 3.30. The molecule has 3 rings (SSSR count). The number of aromatic nitrogens is 2. The summed E-state index contributed by atoms with van der Waals surface area (Å²) in [5.74, 6) is 1.52. The van der Waals surface area contributed by atoms with E-state index in [1.807, 2.05) is 13.8 Å². The fraction of sp³-hybridized carbons (Fsp3) is 0.412. The molecule has 2 aromatic rings. The molecule has 0 aromatic carbocycles. The predicted octanol–water partition coefficient (Wildman–Crippen LogP) is 3.77. The molecule has 0 saturated heterocycles. The Balaban J connectivity index is 1.85. The monoisotopic (exact) mass is 343 g/mol. The zero-order chi connectivity index (χ0) is 17.3. The molecule has 0 aliphatic heterocycles. The number of thioether (sulfide) groups is 1. The summed E-state index contributed by atoms with van der Waals surface area (Å²) in [6.07, 6.45) is 2.21. The van der Waals surface area contributed by atoms with Crippen molar-refractivity contribution in [1.82, 2.24) is 9.97 Å². The first-order valence-corrected chi connectivity index (χ1v) is 8.54. The summed E-state index contributed by atoms with van der Waals surface area (Å²) in [4.78, 5) is 20.5.